The predicted molar refractivity (Wildman–Crippen MR) is 91.6 cm³/mol. The number of halogens is 2. The number of methoxy groups -OCH3 is 1. The normalized spacial score (nSPS) is 18.9. The van der Waals surface area contributed by atoms with Gasteiger partial charge in [-0.15, -0.1) is 0 Å². The Hall–Kier alpha value is -0.990. The minimum absolute atomic E-state index is 0.328. The summed E-state index contributed by atoms with van der Waals surface area (Å²) in [7, 11) is 1.64. The average Bonchev–Trinajstić information content (AvgIpc) is 2.53. The van der Waals surface area contributed by atoms with E-state index in [0.717, 1.165) is 18.6 Å². The zero-order valence-electron chi connectivity index (χ0n) is 12.0. The van der Waals surface area contributed by atoms with E-state index in [1.165, 1.54) is 23.1 Å². The molecule has 2 aromatic carbocycles. The molecule has 3 rings (SSSR count). The van der Waals surface area contributed by atoms with Gasteiger partial charge in [0, 0.05) is 4.83 Å². The van der Waals surface area contributed by atoms with E-state index >= 15 is 0 Å². The quantitative estimate of drug-likeness (QED) is 0.644. The fourth-order valence-corrected chi connectivity index (χ4v) is 4.10. The van der Waals surface area contributed by atoms with Crippen LogP contribution in [0.25, 0.3) is 0 Å². The predicted octanol–water partition coefficient (Wildman–Crippen LogP) is 5.59. The highest BCUT2D eigenvalue weighted by Crippen LogP contribution is 2.41. The van der Waals surface area contributed by atoms with E-state index in [0.29, 0.717) is 15.8 Å². The van der Waals surface area contributed by atoms with E-state index in [2.05, 4.69) is 46.3 Å². The van der Waals surface area contributed by atoms with Crippen LogP contribution in [0.3, 0.4) is 0 Å². The van der Waals surface area contributed by atoms with Crippen LogP contribution in [0, 0.1) is 5.92 Å². The number of ether oxygens (including phenoxy) is 1. The minimum Gasteiger partial charge on any atom is -0.495 e. The summed E-state index contributed by atoms with van der Waals surface area (Å²) < 4.78 is 5.22. The molecule has 2 atom stereocenters. The molecule has 0 fully saturated rings. The van der Waals surface area contributed by atoms with Crippen molar-refractivity contribution in [2.24, 2.45) is 5.92 Å². The van der Waals surface area contributed by atoms with Crippen LogP contribution in [-0.2, 0) is 12.8 Å². The number of hydrogen-bond donors (Lipinski definition) is 0. The van der Waals surface area contributed by atoms with Crippen LogP contribution < -0.4 is 4.74 Å². The Morgan fingerprint density at radius 1 is 1.19 bits per heavy atom. The number of hydrogen-bond acceptors (Lipinski definition) is 1. The van der Waals surface area contributed by atoms with Gasteiger partial charge in [0.1, 0.15) is 5.75 Å². The lowest BCUT2D eigenvalue weighted by molar-refractivity contribution is 0.414. The van der Waals surface area contributed by atoms with Crippen molar-refractivity contribution in [3.8, 4) is 5.75 Å². The molecule has 0 bridgehead atoms. The van der Waals surface area contributed by atoms with Gasteiger partial charge in [-0.05, 0) is 54.0 Å². The van der Waals surface area contributed by atoms with Gasteiger partial charge in [0.15, 0.2) is 0 Å². The van der Waals surface area contributed by atoms with Gasteiger partial charge in [-0.25, -0.2) is 0 Å². The smallest absolute Gasteiger partial charge is 0.137 e. The van der Waals surface area contributed by atoms with Crippen molar-refractivity contribution in [1.82, 2.24) is 0 Å². The first kappa shape index (κ1) is 14.9. The van der Waals surface area contributed by atoms with Gasteiger partial charge in [-0.2, -0.15) is 0 Å². The SMILES string of the molecule is COc1ccc(C(Br)C2CCc3ccccc3C2)cc1Cl. The number of fused-ring (bicyclic) bond motifs is 1. The number of rotatable bonds is 3. The van der Waals surface area contributed by atoms with Crippen LogP contribution in [0.15, 0.2) is 42.5 Å². The van der Waals surface area contributed by atoms with E-state index in [1.807, 2.05) is 12.1 Å². The standard InChI is InChI=1S/C18H18BrClO/c1-21-17-9-8-15(11-16(17)20)18(19)14-7-6-12-4-2-3-5-13(12)10-14/h2-5,8-9,11,14,18H,6-7,10H2,1H3. The minimum atomic E-state index is 0.328. The molecule has 21 heavy (non-hydrogen) atoms. The van der Waals surface area contributed by atoms with Crippen molar-refractivity contribution >= 4 is 27.5 Å². The zero-order valence-corrected chi connectivity index (χ0v) is 14.3. The summed E-state index contributed by atoms with van der Waals surface area (Å²) in [5.41, 5.74) is 4.21. The van der Waals surface area contributed by atoms with Crippen LogP contribution in [0.2, 0.25) is 5.02 Å². The first-order chi connectivity index (χ1) is 10.2. The van der Waals surface area contributed by atoms with Gasteiger partial charge in [0.25, 0.3) is 0 Å². The van der Waals surface area contributed by atoms with Crippen molar-refractivity contribution in [2.75, 3.05) is 7.11 Å². The molecule has 2 aromatic rings. The van der Waals surface area contributed by atoms with Crippen molar-refractivity contribution in [2.45, 2.75) is 24.1 Å². The molecule has 0 amide bonds. The van der Waals surface area contributed by atoms with Gasteiger partial charge in [0.2, 0.25) is 0 Å². The topological polar surface area (TPSA) is 9.23 Å². The maximum atomic E-state index is 6.25. The molecule has 0 spiro atoms. The van der Waals surface area contributed by atoms with Crippen molar-refractivity contribution in [1.29, 1.82) is 0 Å². The Morgan fingerprint density at radius 2 is 1.95 bits per heavy atom. The van der Waals surface area contributed by atoms with Crippen molar-refractivity contribution < 1.29 is 4.74 Å². The lowest BCUT2D eigenvalue weighted by Crippen LogP contribution is -2.18. The average molecular weight is 366 g/mol. The molecule has 0 aliphatic heterocycles. The molecule has 3 heteroatoms. The second-order valence-corrected chi connectivity index (χ2v) is 6.96. The summed E-state index contributed by atoms with van der Waals surface area (Å²) in [4.78, 5) is 0.328. The first-order valence-electron chi connectivity index (χ1n) is 7.23. The maximum Gasteiger partial charge on any atom is 0.137 e. The fourth-order valence-electron chi connectivity index (χ4n) is 3.10. The van der Waals surface area contributed by atoms with Crippen LogP contribution in [-0.4, -0.2) is 7.11 Å². The third-order valence-electron chi connectivity index (χ3n) is 4.29. The Labute approximate surface area is 139 Å². The van der Waals surface area contributed by atoms with Crippen LogP contribution in [0.5, 0.6) is 5.75 Å². The summed E-state index contributed by atoms with van der Waals surface area (Å²) in [6.07, 6.45) is 3.49. The van der Waals surface area contributed by atoms with Crippen LogP contribution >= 0.6 is 27.5 Å². The van der Waals surface area contributed by atoms with Gasteiger partial charge in [-0.1, -0.05) is 57.9 Å². The summed E-state index contributed by atoms with van der Waals surface area (Å²) in [5, 5.41) is 0.677. The largest absolute Gasteiger partial charge is 0.495 e. The molecule has 2 unspecified atom stereocenters. The summed E-state index contributed by atoms with van der Waals surface area (Å²) in [5.74, 6) is 1.33. The highest BCUT2D eigenvalue weighted by atomic mass is 79.9. The van der Waals surface area contributed by atoms with E-state index in [9.17, 15) is 0 Å². The molecule has 1 aliphatic carbocycles. The highest BCUT2D eigenvalue weighted by molar-refractivity contribution is 9.09. The van der Waals surface area contributed by atoms with Gasteiger partial charge < -0.3 is 4.74 Å². The Kier molecular flexibility index (Phi) is 4.56. The molecule has 0 saturated heterocycles. The highest BCUT2D eigenvalue weighted by Gasteiger charge is 2.25. The lowest BCUT2D eigenvalue weighted by atomic mass is 9.81. The first-order valence-corrected chi connectivity index (χ1v) is 8.52. The second kappa shape index (κ2) is 6.41. The van der Waals surface area contributed by atoms with Crippen LogP contribution in [0.1, 0.15) is 27.9 Å². The van der Waals surface area contributed by atoms with E-state index in [-0.39, 0.29) is 0 Å². The molecular formula is C18H18BrClO. The molecule has 0 aromatic heterocycles. The molecule has 0 radical (unpaired) electrons. The molecule has 0 N–H and O–H groups in total. The van der Waals surface area contributed by atoms with Gasteiger partial charge in [0.05, 0.1) is 12.1 Å². The second-order valence-electron chi connectivity index (χ2n) is 5.57. The van der Waals surface area contributed by atoms with E-state index in [1.54, 1.807) is 7.11 Å². The number of benzene rings is 2. The molecule has 0 heterocycles. The van der Waals surface area contributed by atoms with E-state index in [4.69, 9.17) is 16.3 Å². The molecule has 110 valence electrons. The Balaban J connectivity index is 1.80. The van der Waals surface area contributed by atoms with E-state index < -0.39 is 0 Å². The summed E-state index contributed by atoms with van der Waals surface area (Å²) >= 11 is 10.1. The van der Waals surface area contributed by atoms with Crippen molar-refractivity contribution in [3.63, 3.8) is 0 Å². The Morgan fingerprint density at radius 3 is 2.67 bits per heavy atom. The van der Waals surface area contributed by atoms with Gasteiger partial charge in [-0.3, -0.25) is 0 Å². The van der Waals surface area contributed by atoms with Crippen LogP contribution in [0.4, 0.5) is 0 Å². The third-order valence-corrected chi connectivity index (χ3v) is 5.86. The molecule has 1 nitrogen and oxygen atoms in total. The van der Waals surface area contributed by atoms with Gasteiger partial charge >= 0.3 is 0 Å². The molecular weight excluding hydrogens is 348 g/mol. The fraction of sp³-hybridized carbons (Fsp3) is 0.333. The lowest BCUT2D eigenvalue weighted by Gasteiger charge is -2.29. The van der Waals surface area contributed by atoms with Crippen molar-refractivity contribution in [3.05, 3.63) is 64.2 Å². The summed E-state index contributed by atoms with van der Waals surface area (Å²) in [6.45, 7) is 0. The maximum absolute atomic E-state index is 6.25. The third kappa shape index (κ3) is 3.12. The molecule has 0 saturated carbocycles. The molecule has 1 aliphatic rings. The Bertz CT molecular complexity index is 641. The zero-order chi connectivity index (χ0) is 14.8. The number of alkyl halides is 1. The summed E-state index contributed by atoms with van der Waals surface area (Å²) in [6, 6.07) is 14.8. The monoisotopic (exact) mass is 364 g/mol. The number of aryl methyl sites for hydroxylation is 1.